The smallest absolute Gasteiger partial charge is 0.270 e. The van der Waals surface area contributed by atoms with Gasteiger partial charge in [-0.2, -0.15) is 5.10 Å². The van der Waals surface area contributed by atoms with Crippen molar-refractivity contribution >= 4 is 16.8 Å². The maximum atomic E-state index is 13.0. The molecule has 1 aliphatic heterocycles. The van der Waals surface area contributed by atoms with Crippen LogP contribution in [-0.4, -0.2) is 39.2 Å². The molecule has 124 valence electrons. The molecule has 3 aromatic rings. The van der Waals surface area contributed by atoms with Gasteiger partial charge in [0.2, 0.25) is 0 Å². The molecule has 6 nitrogen and oxygen atoms in total. The molecular formula is C18H20N4O2. The van der Waals surface area contributed by atoms with Crippen molar-refractivity contribution < 1.29 is 9.53 Å². The Morgan fingerprint density at radius 1 is 1.38 bits per heavy atom. The number of methoxy groups -OCH3 is 1. The molecule has 0 bridgehead atoms. The first-order valence-corrected chi connectivity index (χ1v) is 8.12. The Morgan fingerprint density at radius 2 is 2.25 bits per heavy atom. The van der Waals surface area contributed by atoms with Crippen molar-refractivity contribution in [3.05, 3.63) is 47.9 Å². The molecule has 6 heteroatoms. The minimum atomic E-state index is 0.0384. The predicted octanol–water partition coefficient (Wildman–Crippen LogP) is 2.89. The van der Waals surface area contributed by atoms with Crippen LogP contribution in [-0.2, 0) is 7.05 Å². The maximum Gasteiger partial charge on any atom is 0.270 e. The Kier molecular flexibility index (Phi) is 3.52. The summed E-state index contributed by atoms with van der Waals surface area (Å²) in [5.74, 6) is 0.814. The number of aryl methyl sites for hydroxylation is 1. The third kappa shape index (κ3) is 2.44. The highest BCUT2D eigenvalue weighted by Gasteiger charge is 2.32. The average Bonchev–Trinajstić information content (AvgIpc) is 3.31. The van der Waals surface area contributed by atoms with Gasteiger partial charge in [0, 0.05) is 42.3 Å². The lowest BCUT2D eigenvalue weighted by molar-refractivity contribution is 0.0730. The van der Waals surface area contributed by atoms with Crippen LogP contribution in [0.25, 0.3) is 10.9 Å². The van der Waals surface area contributed by atoms with Gasteiger partial charge in [-0.15, -0.1) is 0 Å². The third-order valence-corrected chi connectivity index (χ3v) is 4.68. The SMILES string of the molecule is COc1ccc2cc(C(=O)N3CCCC3c3cnn(C)c3)[nH]c2c1. The van der Waals surface area contributed by atoms with Crippen molar-refractivity contribution in [3.63, 3.8) is 0 Å². The first-order valence-electron chi connectivity index (χ1n) is 8.12. The summed E-state index contributed by atoms with van der Waals surface area (Å²) in [5, 5.41) is 5.25. The zero-order valence-corrected chi connectivity index (χ0v) is 13.8. The maximum absolute atomic E-state index is 13.0. The van der Waals surface area contributed by atoms with Gasteiger partial charge in [0.25, 0.3) is 5.91 Å². The number of ether oxygens (including phenoxy) is 1. The Morgan fingerprint density at radius 3 is 3.00 bits per heavy atom. The second-order valence-electron chi connectivity index (χ2n) is 6.24. The second-order valence-corrected chi connectivity index (χ2v) is 6.24. The molecule has 3 heterocycles. The number of aromatic nitrogens is 3. The van der Waals surface area contributed by atoms with E-state index in [-0.39, 0.29) is 11.9 Å². The molecule has 24 heavy (non-hydrogen) atoms. The number of fused-ring (bicyclic) bond motifs is 1. The zero-order chi connectivity index (χ0) is 16.7. The topological polar surface area (TPSA) is 63.1 Å². The van der Waals surface area contributed by atoms with E-state index in [0.29, 0.717) is 5.69 Å². The molecule has 1 saturated heterocycles. The van der Waals surface area contributed by atoms with E-state index < -0.39 is 0 Å². The van der Waals surface area contributed by atoms with Gasteiger partial charge in [-0.3, -0.25) is 9.48 Å². The largest absolute Gasteiger partial charge is 0.497 e. The van der Waals surface area contributed by atoms with Crippen LogP contribution < -0.4 is 4.74 Å². The van der Waals surface area contributed by atoms with Gasteiger partial charge in [0.15, 0.2) is 0 Å². The van der Waals surface area contributed by atoms with Crippen molar-refractivity contribution in [3.8, 4) is 5.75 Å². The minimum Gasteiger partial charge on any atom is -0.497 e. The van der Waals surface area contributed by atoms with Gasteiger partial charge in [0.1, 0.15) is 11.4 Å². The molecule has 0 aliphatic carbocycles. The fraction of sp³-hybridized carbons (Fsp3) is 0.333. The highest BCUT2D eigenvalue weighted by atomic mass is 16.5. The molecule has 0 radical (unpaired) electrons. The van der Waals surface area contributed by atoms with E-state index in [1.54, 1.807) is 11.8 Å². The predicted molar refractivity (Wildman–Crippen MR) is 91.1 cm³/mol. The normalized spacial score (nSPS) is 17.6. The van der Waals surface area contributed by atoms with Crippen LogP contribution in [0, 0.1) is 0 Å². The lowest BCUT2D eigenvalue weighted by Crippen LogP contribution is -2.30. The van der Waals surface area contributed by atoms with E-state index in [2.05, 4.69) is 10.1 Å². The number of benzene rings is 1. The lowest BCUT2D eigenvalue weighted by atomic mass is 10.1. The van der Waals surface area contributed by atoms with E-state index in [1.807, 2.05) is 48.6 Å². The van der Waals surface area contributed by atoms with Crippen LogP contribution in [0.15, 0.2) is 36.7 Å². The number of hydrogen-bond donors (Lipinski definition) is 1. The quantitative estimate of drug-likeness (QED) is 0.806. The van der Waals surface area contributed by atoms with E-state index in [4.69, 9.17) is 4.74 Å². The zero-order valence-electron chi connectivity index (χ0n) is 13.8. The van der Waals surface area contributed by atoms with Gasteiger partial charge in [-0.1, -0.05) is 0 Å². The van der Waals surface area contributed by atoms with Crippen molar-refractivity contribution in [2.24, 2.45) is 7.05 Å². The molecule has 1 unspecified atom stereocenters. The summed E-state index contributed by atoms with van der Waals surface area (Å²) in [6.45, 7) is 0.775. The Balaban J connectivity index is 1.65. The summed E-state index contributed by atoms with van der Waals surface area (Å²) in [6, 6.07) is 7.79. The van der Waals surface area contributed by atoms with Crippen LogP contribution in [0.1, 0.15) is 34.9 Å². The average molecular weight is 324 g/mol. The van der Waals surface area contributed by atoms with Gasteiger partial charge in [-0.05, 0) is 31.0 Å². The number of carbonyl (C=O) groups excluding carboxylic acids is 1. The van der Waals surface area contributed by atoms with Gasteiger partial charge in [0.05, 0.1) is 19.3 Å². The minimum absolute atomic E-state index is 0.0384. The highest BCUT2D eigenvalue weighted by Crippen LogP contribution is 2.33. The van der Waals surface area contributed by atoms with Crippen molar-refractivity contribution in [1.82, 2.24) is 19.7 Å². The first kappa shape index (κ1) is 14.8. The fourth-order valence-electron chi connectivity index (χ4n) is 3.47. The summed E-state index contributed by atoms with van der Waals surface area (Å²) in [7, 11) is 3.54. The number of rotatable bonds is 3. The molecule has 4 rings (SSSR count). The molecule has 2 aromatic heterocycles. The molecule has 0 saturated carbocycles. The number of nitrogens with one attached hydrogen (secondary N) is 1. The van der Waals surface area contributed by atoms with Crippen molar-refractivity contribution in [2.45, 2.75) is 18.9 Å². The molecule has 0 spiro atoms. The van der Waals surface area contributed by atoms with E-state index in [0.717, 1.165) is 41.6 Å². The molecule has 1 aromatic carbocycles. The Bertz CT molecular complexity index is 895. The van der Waals surface area contributed by atoms with Crippen LogP contribution in [0.3, 0.4) is 0 Å². The van der Waals surface area contributed by atoms with Gasteiger partial charge < -0.3 is 14.6 Å². The van der Waals surface area contributed by atoms with Crippen LogP contribution in [0.4, 0.5) is 0 Å². The summed E-state index contributed by atoms with van der Waals surface area (Å²) < 4.78 is 7.03. The number of likely N-dealkylation sites (tertiary alicyclic amines) is 1. The van der Waals surface area contributed by atoms with E-state index in [9.17, 15) is 4.79 Å². The van der Waals surface area contributed by atoms with Crippen molar-refractivity contribution in [2.75, 3.05) is 13.7 Å². The molecule has 1 N–H and O–H groups in total. The molecule has 1 atom stereocenters. The number of H-pyrrole nitrogens is 1. The highest BCUT2D eigenvalue weighted by molar-refractivity contribution is 5.98. The monoisotopic (exact) mass is 324 g/mol. The van der Waals surface area contributed by atoms with E-state index >= 15 is 0 Å². The summed E-state index contributed by atoms with van der Waals surface area (Å²) in [4.78, 5) is 18.2. The molecule has 1 amide bonds. The van der Waals surface area contributed by atoms with Crippen LogP contribution in [0.5, 0.6) is 5.75 Å². The Hall–Kier alpha value is -2.76. The lowest BCUT2D eigenvalue weighted by Gasteiger charge is -2.23. The van der Waals surface area contributed by atoms with Gasteiger partial charge >= 0.3 is 0 Å². The number of nitrogens with zero attached hydrogens (tertiary/aromatic N) is 3. The number of hydrogen-bond acceptors (Lipinski definition) is 3. The number of amides is 1. The summed E-state index contributed by atoms with van der Waals surface area (Å²) in [5.41, 5.74) is 2.63. The van der Waals surface area contributed by atoms with Crippen molar-refractivity contribution in [1.29, 1.82) is 0 Å². The summed E-state index contributed by atoms with van der Waals surface area (Å²) >= 11 is 0. The summed E-state index contributed by atoms with van der Waals surface area (Å²) in [6.07, 6.45) is 5.84. The van der Waals surface area contributed by atoms with Crippen LogP contribution >= 0.6 is 0 Å². The number of carbonyl (C=O) groups is 1. The molecule has 1 aliphatic rings. The first-order chi connectivity index (χ1) is 11.7. The number of aromatic amines is 1. The Labute approximate surface area is 140 Å². The standard InChI is InChI=1S/C18H20N4O2/c1-21-11-13(10-19-21)17-4-3-7-22(17)18(23)16-8-12-5-6-14(24-2)9-15(12)20-16/h5-6,8-11,17,20H,3-4,7H2,1-2H3. The third-order valence-electron chi connectivity index (χ3n) is 4.68. The fourth-order valence-corrected chi connectivity index (χ4v) is 3.47. The van der Waals surface area contributed by atoms with E-state index in [1.165, 1.54) is 0 Å². The molecular weight excluding hydrogens is 304 g/mol. The molecule has 1 fully saturated rings. The van der Waals surface area contributed by atoms with Crippen LogP contribution in [0.2, 0.25) is 0 Å². The second kappa shape index (κ2) is 5.70. The van der Waals surface area contributed by atoms with Gasteiger partial charge in [-0.25, -0.2) is 0 Å².